The van der Waals surface area contributed by atoms with Crippen LogP contribution in [0.2, 0.25) is 5.02 Å². The second-order valence-corrected chi connectivity index (χ2v) is 7.01. The number of amides is 1. The van der Waals surface area contributed by atoms with Gasteiger partial charge in [0.15, 0.2) is 0 Å². The van der Waals surface area contributed by atoms with Crippen molar-refractivity contribution in [3.8, 4) is 5.69 Å². The highest BCUT2D eigenvalue weighted by Crippen LogP contribution is 2.20. The molecule has 27 heavy (non-hydrogen) atoms. The molecule has 3 rings (SSSR count). The number of nitrogens with one attached hydrogen (secondary N) is 2. The molecule has 0 radical (unpaired) electrons. The third-order valence-electron chi connectivity index (χ3n) is 4.38. The van der Waals surface area contributed by atoms with Crippen LogP contribution >= 0.6 is 11.6 Å². The average molecular weight is 383 g/mol. The van der Waals surface area contributed by atoms with Crippen LogP contribution in [0, 0.1) is 13.8 Å². The molecule has 0 bridgehead atoms. The van der Waals surface area contributed by atoms with E-state index in [1.54, 1.807) is 4.68 Å². The number of carbonyl (C=O) groups excluding carboxylic acids is 1. The number of halogens is 1. The molecule has 0 aliphatic carbocycles. The van der Waals surface area contributed by atoms with E-state index in [2.05, 4.69) is 15.7 Å². The SMILES string of the molecule is Cc1cc(NC(=O)CN[C@@H](C)c2ccc(Cl)cc2)n(-c2ccccc2C)n1. The van der Waals surface area contributed by atoms with Gasteiger partial charge in [-0.2, -0.15) is 5.10 Å². The highest BCUT2D eigenvalue weighted by atomic mass is 35.5. The minimum Gasteiger partial charge on any atom is -0.309 e. The third kappa shape index (κ3) is 4.76. The molecule has 6 heteroatoms. The molecule has 140 valence electrons. The first-order valence-corrected chi connectivity index (χ1v) is 9.23. The maximum Gasteiger partial charge on any atom is 0.239 e. The van der Waals surface area contributed by atoms with Gasteiger partial charge in [0.2, 0.25) is 5.91 Å². The van der Waals surface area contributed by atoms with Crippen LogP contribution in [0.15, 0.2) is 54.6 Å². The van der Waals surface area contributed by atoms with Crippen molar-refractivity contribution in [1.29, 1.82) is 0 Å². The van der Waals surface area contributed by atoms with Gasteiger partial charge in [-0.1, -0.05) is 41.9 Å². The normalized spacial score (nSPS) is 12.0. The molecule has 1 amide bonds. The molecule has 0 spiro atoms. The van der Waals surface area contributed by atoms with Crippen molar-refractivity contribution in [3.05, 3.63) is 76.4 Å². The molecule has 3 aromatic rings. The van der Waals surface area contributed by atoms with Crippen LogP contribution in [-0.4, -0.2) is 22.2 Å². The van der Waals surface area contributed by atoms with Crippen molar-refractivity contribution < 1.29 is 4.79 Å². The van der Waals surface area contributed by atoms with Gasteiger partial charge in [0.05, 0.1) is 17.9 Å². The zero-order valence-electron chi connectivity index (χ0n) is 15.7. The lowest BCUT2D eigenvalue weighted by Crippen LogP contribution is -2.30. The molecule has 1 aromatic heterocycles. The van der Waals surface area contributed by atoms with Crippen molar-refractivity contribution in [2.24, 2.45) is 0 Å². The van der Waals surface area contributed by atoms with Gasteiger partial charge in [0.1, 0.15) is 5.82 Å². The summed E-state index contributed by atoms with van der Waals surface area (Å²) < 4.78 is 1.77. The highest BCUT2D eigenvalue weighted by molar-refractivity contribution is 6.30. The van der Waals surface area contributed by atoms with Crippen LogP contribution in [0.3, 0.4) is 0 Å². The summed E-state index contributed by atoms with van der Waals surface area (Å²) in [6.07, 6.45) is 0. The van der Waals surface area contributed by atoms with E-state index < -0.39 is 0 Å². The van der Waals surface area contributed by atoms with Gasteiger partial charge >= 0.3 is 0 Å². The van der Waals surface area contributed by atoms with Crippen LogP contribution in [0.5, 0.6) is 0 Å². The number of rotatable bonds is 6. The molecule has 1 heterocycles. The Morgan fingerprint density at radius 3 is 2.56 bits per heavy atom. The van der Waals surface area contributed by atoms with E-state index in [1.165, 1.54) is 0 Å². The van der Waals surface area contributed by atoms with Gasteiger partial charge in [-0.05, 0) is 50.1 Å². The standard InChI is InChI=1S/C21H23ClN4O/c1-14-6-4-5-7-19(14)26-20(12-15(2)25-26)24-21(27)13-23-16(3)17-8-10-18(22)11-9-17/h4-12,16,23H,13H2,1-3H3,(H,24,27)/t16-/m0/s1. The molecule has 1 atom stereocenters. The minimum atomic E-state index is -0.120. The Morgan fingerprint density at radius 2 is 1.85 bits per heavy atom. The highest BCUT2D eigenvalue weighted by Gasteiger charge is 2.13. The minimum absolute atomic E-state index is 0.0380. The van der Waals surface area contributed by atoms with E-state index in [9.17, 15) is 4.79 Å². The molecule has 0 aliphatic heterocycles. The lowest BCUT2D eigenvalue weighted by Gasteiger charge is -2.15. The smallest absolute Gasteiger partial charge is 0.239 e. The van der Waals surface area contributed by atoms with E-state index in [0.29, 0.717) is 10.8 Å². The molecule has 0 fully saturated rings. The van der Waals surface area contributed by atoms with Gasteiger partial charge in [-0.15, -0.1) is 0 Å². The Kier molecular flexibility index (Phi) is 5.94. The Balaban J connectivity index is 1.66. The molecule has 0 unspecified atom stereocenters. The number of benzene rings is 2. The summed E-state index contributed by atoms with van der Waals surface area (Å²) in [5.74, 6) is 0.540. The molecule has 0 aliphatic rings. The fourth-order valence-electron chi connectivity index (χ4n) is 2.88. The Bertz CT molecular complexity index is 934. The summed E-state index contributed by atoms with van der Waals surface area (Å²) in [7, 11) is 0. The van der Waals surface area contributed by atoms with Crippen LogP contribution in [0.4, 0.5) is 5.82 Å². The number of para-hydroxylation sites is 1. The molecule has 0 saturated carbocycles. The molecule has 5 nitrogen and oxygen atoms in total. The number of aromatic nitrogens is 2. The number of nitrogens with zero attached hydrogens (tertiary/aromatic N) is 2. The van der Waals surface area contributed by atoms with Crippen molar-refractivity contribution in [1.82, 2.24) is 15.1 Å². The Hall–Kier alpha value is -2.63. The predicted octanol–water partition coefficient (Wildman–Crippen LogP) is 4.43. The second-order valence-electron chi connectivity index (χ2n) is 6.57. The summed E-state index contributed by atoms with van der Waals surface area (Å²) in [5, 5.41) is 11.4. The predicted molar refractivity (Wildman–Crippen MR) is 110 cm³/mol. The van der Waals surface area contributed by atoms with Crippen molar-refractivity contribution in [2.75, 3.05) is 11.9 Å². The average Bonchev–Trinajstić information content (AvgIpc) is 3.00. The van der Waals surface area contributed by atoms with Crippen LogP contribution in [-0.2, 0) is 4.79 Å². The van der Waals surface area contributed by atoms with Crippen LogP contribution in [0.25, 0.3) is 5.69 Å². The van der Waals surface area contributed by atoms with Crippen molar-refractivity contribution >= 4 is 23.3 Å². The first kappa shape index (κ1) is 19.1. The largest absolute Gasteiger partial charge is 0.309 e. The Morgan fingerprint density at radius 1 is 1.15 bits per heavy atom. The van der Waals surface area contributed by atoms with Gasteiger partial charge < -0.3 is 10.6 Å². The van der Waals surface area contributed by atoms with Gasteiger partial charge in [-0.3, -0.25) is 4.79 Å². The monoisotopic (exact) mass is 382 g/mol. The van der Waals surface area contributed by atoms with E-state index >= 15 is 0 Å². The summed E-state index contributed by atoms with van der Waals surface area (Å²) in [4.78, 5) is 12.4. The van der Waals surface area contributed by atoms with E-state index in [0.717, 1.165) is 22.5 Å². The molecular weight excluding hydrogens is 360 g/mol. The Labute approximate surface area is 164 Å². The van der Waals surface area contributed by atoms with Gasteiger partial charge in [0.25, 0.3) is 0 Å². The number of carbonyl (C=O) groups is 1. The number of hydrogen-bond acceptors (Lipinski definition) is 3. The third-order valence-corrected chi connectivity index (χ3v) is 4.63. The van der Waals surface area contributed by atoms with Crippen LogP contribution in [0.1, 0.15) is 29.8 Å². The summed E-state index contributed by atoms with van der Waals surface area (Å²) in [6, 6.07) is 17.4. The quantitative estimate of drug-likeness (QED) is 0.663. The molecule has 2 N–H and O–H groups in total. The zero-order chi connectivity index (χ0) is 19.4. The lowest BCUT2D eigenvalue weighted by atomic mass is 10.1. The zero-order valence-corrected chi connectivity index (χ0v) is 16.4. The van der Waals surface area contributed by atoms with E-state index in [1.807, 2.05) is 75.4 Å². The number of hydrogen-bond donors (Lipinski definition) is 2. The van der Waals surface area contributed by atoms with Crippen molar-refractivity contribution in [3.63, 3.8) is 0 Å². The second kappa shape index (κ2) is 8.37. The van der Waals surface area contributed by atoms with E-state index in [4.69, 9.17) is 11.6 Å². The van der Waals surface area contributed by atoms with Gasteiger partial charge in [0, 0.05) is 17.1 Å². The first-order chi connectivity index (χ1) is 12.9. The maximum atomic E-state index is 12.4. The van der Waals surface area contributed by atoms with Gasteiger partial charge in [-0.25, -0.2) is 4.68 Å². The summed E-state index contributed by atoms with van der Waals surface area (Å²) in [5.41, 5.74) is 3.96. The number of anilines is 1. The molecular formula is C21H23ClN4O. The van der Waals surface area contributed by atoms with Crippen molar-refractivity contribution in [2.45, 2.75) is 26.8 Å². The van der Waals surface area contributed by atoms with Crippen LogP contribution < -0.4 is 10.6 Å². The fourth-order valence-corrected chi connectivity index (χ4v) is 3.00. The maximum absolute atomic E-state index is 12.4. The molecule has 0 saturated heterocycles. The summed E-state index contributed by atoms with van der Waals surface area (Å²) in [6.45, 7) is 6.14. The summed E-state index contributed by atoms with van der Waals surface area (Å²) >= 11 is 5.92. The topological polar surface area (TPSA) is 59.0 Å². The molecule has 2 aromatic carbocycles. The first-order valence-electron chi connectivity index (χ1n) is 8.85. The fraction of sp³-hybridized carbons (Fsp3) is 0.238. The number of aryl methyl sites for hydroxylation is 2. The lowest BCUT2D eigenvalue weighted by molar-refractivity contribution is -0.115. The van der Waals surface area contributed by atoms with E-state index in [-0.39, 0.29) is 18.5 Å².